The zero-order chi connectivity index (χ0) is 17.9. The molecule has 1 fully saturated rings. The number of benzene rings is 1. The third-order valence-electron chi connectivity index (χ3n) is 4.31. The summed E-state index contributed by atoms with van der Waals surface area (Å²) in [4.78, 5) is 6.55. The summed E-state index contributed by atoms with van der Waals surface area (Å²) in [6.45, 7) is 7.16. The van der Waals surface area contributed by atoms with Crippen LogP contribution in [0.3, 0.4) is 0 Å². The van der Waals surface area contributed by atoms with Gasteiger partial charge in [0.25, 0.3) is 0 Å². The largest absolute Gasteiger partial charge is 0.374 e. The minimum Gasteiger partial charge on any atom is -0.374 e. The lowest BCUT2D eigenvalue weighted by molar-refractivity contribution is -0.0161. The van der Waals surface area contributed by atoms with Crippen molar-refractivity contribution in [1.29, 1.82) is 0 Å². The molecule has 0 aromatic heterocycles. The first kappa shape index (κ1) is 19.7. The molecular weight excluding hydrogens is 316 g/mol. The number of likely N-dealkylation sites (N-methyl/N-ethyl adjacent to an activating group) is 1. The van der Waals surface area contributed by atoms with Gasteiger partial charge in [0.1, 0.15) is 0 Å². The summed E-state index contributed by atoms with van der Waals surface area (Å²) in [6, 6.07) is 10.3. The van der Waals surface area contributed by atoms with Gasteiger partial charge >= 0.3 is 0 Å². The monoisotopic (exact) mass is 348 g/mol. The van der Waals surface area contributed by atoms with E-state index in [1.807, 2.05) is 18.2 Å². The lowest BCUT2D eigenvalue weighted by Gasteiger charge is -2.30. The van der Waals surface area contributed by atoms with Gasteiger partial charge in [-0.2, -0.15) is 0 Å². The summed E-state index contributed by atoms with van der Waals surface area (Å²) in [6.07, 6.45) is 1.27. The predicted molar refractivity (Wildman–Crippen MR) is 102 cm³/mol. The number of aliphatic imine (C=N–C) groups is 1. The summed E-state index contributed by atoms with van der Waals surface area (Å²) in [5.74, 6) is 0.813. The zero-order valence-corrected chi connectivity index (χ0v) is 15.7. The smallest absolute Gasteiger partial charge is 0.191 e. The fraction of sp³-hybridized carbons (Fsp3) is 0.632. The highest BCUT2D eigenvalue weighted by Gasteiger charge is 2.17. The predicted octanol–water partition coefficient (Wildman–Crippen LogP) is 1.65. The van der Waals surface area contributed by atoms with Gasteiger partial charge in [0.05, 0.1) is 18.8 Å². The van der Waals surface area contributed by atoms with Crippen LogP contribution in [-0.4, -0.2) is 70.5 Å². The van der Waals surface area contributed by atoms with Crippen molar-refractivity contribution in [3.63, 3.8) is 0 Å². The van der Waals surface area contributed by atoms with Crippen LogP contribution in [0.1, 0.15) is 25.0 Å². The van der Waals surface area contributed by atoms with Crippen LogP contribution in [0.4, 0.5) is 0 Å². The average molecular weight is 348 g/mol. The number of guanidine groups is 1. The summed E-state index contributed by atoms with van der Waals surface area (Å²) in [5, 5.41) is 6.66. The highest BCUT2D eigenvalue weighted by atomic mass is 16.5. The molecule has 140 valence electrons. The van der Waals surface area contributed by atoms with Gasteiger partial charge in [0.15, 0.2) is 5.96 Å². The third kappa shape index (κ3) is 7.42. The Morgan fingerprint density at radius 1 is 1.36 bits per heavy atom. The molecule has 2 N–H and O–H groups in total. The molecule has 0 spiro atoms. The maximum absolute atomic E-state index is 5.88. The molecule has 0 radical (unpaired) electrons. The van der Waals surface area contributed by atoms with Gasteiger partial charge in [-0.25, -0.2) is 0 Å². The molecule has 0 bridgehead atoms. The number of rotatable bonds is 8. The molecule has 0 amide bonds. The maximum Gasteiger partial charge on any atom is 0.191 e. The molecule has 1 saturated heterocycles. The highest BCUT2D eigenvalue weighted by molar-refractivity contribution is 5.79. The first-order valence-corrected chi connectivity index (χ1v) is 9.10. The number of ether oxygens (including phenoxy) is 2. The Labute approximate surface area is 151 Å². The zero-order valence-electron chi connectivity index (χ0n) is 15.7. The minimum atomic E-state index is 0.124. The van der Waals surface area contributed by atoms with E-state index in [-0.39, 0.29) is 12.2 Å². The van der Waals surface area contributed by atoms with Crippen molar-refractivity contribution in [2.75, 3.05) is 53.5 Å². The molecular formula is C19H32N4O2. The first-order chi connectivity index (χ1) is 12.2. The van der Waals surface area contributed by atoms with E-state index in [2.05, 4.69) is 46.6 Å². The van der Waals surface area contributed by atoms with Crippen LogP contribution < -0.4 is 10.6 Å². The fourth-order valence-electron chi connectivity index (χ4n) is 2.78. The number of hydrogen-bond acceptors (Lipinski definition) is 4. The van der Waals surface area contributed by atoms with Crippen LogP contribution in [-0.2, 0) is 9.47 Å². The van der Waals surface area contributed by atoms with Crippen molar-refractivity contribution in [1.82, 2.24) is 15.5 Å². The van der Waals surface area contributed by atoms with Gasteiger partial charge in [0, 0.05) is 39.8 Å². The van der Waals surface area contributed by atoms with Crippen LogP contribution in [0.5, 0.6) is 0 Å². The Morgan fingerprint density at radius 2 is 2.16 bits per heavy atom. The topological polar surface area (TPSA) is 58.1 Å². The Hall–Kier alpha value is -1.63. The Bertz CT molecular complexity index is 509. The Morgan fingerprint density at radius 3 is 2.88 bits per heavy atom. The summed E-state index contributed by atoms with van der Waals surface area (Å²) < 4.78 is 11.6. The van der Waals surface area contributed by atoms with Crippen molar-refractivity contribution in [2.24, 2.45) is 4.99 Å². The maximum atomic E-state index is 5.88. The van der Waals surface area contributed by atoms with Crippen molar-refractivity contribution in [3.8, 4) is 0 Å². The molecule has 0 aliphatic carbocycles. The van der Waals surface area contributed by atoms with Gasteiger partial charge in [-0.05, 0) is 26.0 Å². The fourth-order valence-corrected chi connectivity index (χ4v) is 2.78. The second kappa shape index (κ2) is 11.1. The molecule has 25 heavy (non-hydrogen) atoms. The molecule has 0 saturated carbocycles. The summed E-state index contributed by atoms with van der Waals surface area (Å²) in [7, 11) is 3.91. The van der Waals surface area contributed by atoms with Crippen molar-refractivity contribution >= 4 is 5.96 Å². The molecule has 2 atom stereocenters. The van der Waals surface area contributed by atoms with Crippen LogP contribution in [0.15, 0.2) is 35.3 Å². The number of nitrogens with one attached hydrogen (secondary N) is 2. The summed E-state index contributed by atoms with van der Waals surface area (Å²) >= 11 is 0. The number of hydrogen-bond donors (Lipinski definition) is 2. The van der Waals surface area contributed by atoms with Gasteiger partial charge < -0.3 is 25.0 Å². The molecule has 1 aliphatic rings. The number of morpholine rings is 1. The quantitative estimate of drug-likeness (QED) is 0.425. The Balaban J connectivity index is 1.56. The second-order valence-corrected chi connectivity index (χ2v) is 6.41. The van der Waals surface area contributed by atoms with Crippen molar-refractivity contribution in [2.45, 2.75) is 25.6 Å². The van der Waals surface area contributed by atoms with E-state index in [1.165, 1.54) is 5.56 Å². The van der Waals surface area contributed by atoms with Crippen molar-refractivity contribution < 1.29 is 9.47 Å². The molecule has 2 unspecified atom stereocenters. The minimum absolute atomic E-state index is 0.124. The molecule has 1 aromatic carbocycles. The van der Waals surface area contributed by atoms with Crippen LogP contribution in [0, 0.1) is 0 Å². The van der Waals surface area contributed by atoms with Gasteiger partial charge in [0.2, 0.25) is 0 Å². The van der Waals surface area contributed by atoms with E-state index >= 15 is 0 Å². The molecule has 6 nitrogen and oxygen atoms in total. The molecule has 1 aliphatic heterocycles. The lowest BCUT2D eigenvalue weighted by Crippen LogP contribution is -2.48. The normalized spacial score (nSPS) is 20.3. The third-order valence-corrected chi connectivity index (χ3v) is 4.31. The lowest BCUT2D eigenvalue weighted by atomic mass is 10.1. The van der Waals surface area contributed by atoms with Crippen LogP contribution in [0.25, 0.3) is 0 Å². The van der Waals surface area contributed by atoms with Crippen LogP contribution >= 0.6 is 0 Å². The van der Waals surface area contributed by atoms with E-state index in [1.54, 1.807) is 7.05 Å². The van der Waals surface area contributed by atoms with Crippen LogP contribution in [0.2, 0.25) is 0 Å². The second-order valence-electron chi connectivity index (χ2n) is 6.41. The average Bonchev–Trinajstić information content (AvgIpc) is 2.64. The number of nitrogens with zero attached hydrogens (tertiary/aromatic N) is 2. The van der Waals surface area contributed by atoms with E-state index in [9.17, 15) is 0 Å². The van der Waals surface area contributed by atoms with E-state index in [0.717, 1.165) is 51.8 Å². The van der Waals surface area contributed by atoms with Crippen molar-refractivity contribution in [3.05, 3.63) is 35.9 Å². The van der Waals surface area contributed by atoms with E-state index < -0.39 is 0 Å². The van der Waals surface area contributed by atoms with Gasteiger partial charge in [-0.3, -0.25) is 4.99 Å². The molecule has 2 rings (SSSR count). The van der Waals surface area contributed by atoms with E-state index in [4.69, 9.17) is 9.47 Å². The van der Waals surface area contributed by atoms with E-state index in [0.29, 0.717) is 0 Å². The molecule has 6 heteroatoms. The standard InChI is InChI=1S/C19H32N4O2/c1-16(17-8-5-4-6-9-17)24-12-7-10-21-19(20-2)22-14-18-15-23(3)11-13-25-18/h4-6,8-9,16,18H,7,10-15H2,1-3H3,(H2,20,21,22). The molecule has 1 heterocycles. The molecule has 1 aromatic rings. The van der Waals surface area contributed by atoms with Gasteiger partial charge in [-0.15, -0.1) is 0 Å². The summed E-state index contributed by atoms with van der Waals surface area (Å²) in [5.41, 5.74) is 1.21. The van der Waals surface area contributed by atoms with Gasteiger partial charge in [-0.1, -0.05) is 30.3 Å². The highest BCUT2D eigenvalue weighted by Crippen LogP contribution is 2.15. The Kier molecular flexibility index (Phi) is 8.72. The SMILES string of the molecule is CN=C(NCCCOC(C)c1ccccc1)NCC1CN(C)CCO1. The first-order valence-electron chi connectivity index (χ1n) is 9.10.